The Bertz CT molecular complexity index is 1040. The molecule has 0 saturated heterocycles. The highest BCUT2D eigenvalue weighted by Crippen LogP contribution is 2.33. The van der Waals surface area contributed by atoms with E-state index < -0.39 is 10.0 Å². The second-order valence-corrected chi connectivity index (χ2v) is 9.57. The lowest BCUT2D eigenvalue weighted by atomic mass is 9.99. The van der Waals surface area contributed by atoms with Gasteiger partial charge < -0.3 is 14.4 Å². The molecule has 1 aliphatic heterocycles. The summed E-state index contributed by atoms with van der Waals surface area (Å²) in [5.41, 5.74) is 3.23. The van der Waals surface area contributed by atoms with Crippen LogP contribution in [-0.2, 0) is 33.5 Å². The summed E-state index contributed by atoms with van der Waals surface area (Å²) < 4.78 is 38.6. The van der Waals surface area contributed by atoms with Crippen molar-refractivity contribution in [2.24, 2.45) is 5.92 Å². The van der Waals surface area contributed by atoms with E-state index in [1.165, 1.54) is 14.2 Å². The summed E-state index contributed by atoms with van der Waals surface area (Å²) in [5, 5.41) is 0. The van der Waals surface area contributed by atoms with Crippen molar-refractivity contribution in [3.05, 3.63) is 53.1 Å². The fraction of sp³-hybridized carbons (Fsp3) is 0.409. The minimum atomic E-state index is -3.64. The van der Waals surface area contributed by atoms with Crippen molar-refractivity contribution in [2.75, 3.05) is 25.5 Å². The van der Waals surface area contributed by atoms with Crippen LogP contribution in [0.25, 0.3) is 0 Å². The van der Waals surface area contributed by atoms with Gasteiger partial charge in [0, 0.05) is 30.8 Å². The summed E-state index contributed by atoms with van der Waals surface area (Å²) >= 11 is 0. The van der Waals surface area contributed by atoms with E-state index in [1.54, 1.807) is 24.3 Å². The number of methoxy groups -OCH3 is 2. The Balaban J connectivity index is 1.49. The molecule has 1 amide bonds. The zero-order chi connectivity index (χ0) is 21.3. The molecule has 30 heavy (non-hydrogen) atoms. The van der Waals surface area contributed by atoms with Gasteiger partial charge in [-0.05, 0) is 60.2 Å². The van der Waals surface area contributed by atoms with Gasteiger partial charge in [0.25, 0.3) is 0 Å². The van der Waals surface area contributed by atoms with Crippen LogP contribution in [0.5, 0.6) is 11.5 Å². The number of hydrogen-bond donors (Lipinski definition) is 1. The fourth-order valence-corrected chi connectivity index (χ4v) is 4.95. The molecule has 1 N–H and O–H groups in total. The van der Waals surface area contributed by atoms with Gasteiger partial charge in [-0.15, -0.1) is 0 Å². The van der Waals surface area contributed by atoms with E-state index in [9.17, 15) is 13.2 Å². The number of carbonyl (C=O) groups is 1. The molecule has 1 aliphatic carbocycles. The first-order chi connectivity index (χ1) is 14.4. The maximum Gasteiger partial charge on any atom is 0.236 e. The number of ether oxygens (including phenoxy) is 2. The van der Waals surface area contributed by atoms with E-state index in [2.05, 4.69) is 4.72 Å². The Hall–Kier alpha value is -2.74. The van der Waals surface area contributed by atoms with E-state index in [-0.39, 0.29) is 17.6 Å². The monoisotopic (exact) mass is 430 g/mol. The van der Waals surface area contributed by atoms with E-state index in [1.807, 2.05) is 17.0 Å². The Kier molecular flexibility index (Phi) is 5.60. The molecule has 4 rings (SSSR count). The molecule has 1 heterocycles. The zero-order valence-electron chi connectivity index (χ0n) is 17.2. The number of amides is 1. The molecule has 2 aromatic rings. The summed E-state index contributed by atoms with van der Waals surface area (Å²) in [4.78, 5) is 14.3. The van der Waals surface area contributed by atoms with E-state index >= 15 is 0 Å². The second-order valence-electron chi connectivity index (χ2n) is 7.85. The summed E-state index contributed by atoms with van der Waals surface area (Å²) in [6.45, 7) is 1.26. The van der Waals surface area contributed by atoms with Crippen LogP contribution in [0.2, 0.25) is 0 Å². The van der Waals surface area contributed by atoms with Gasteiger partial charge >= 0.3 is 0 Å². The van der Waals surface area contributed by atoms with E-state index in [4.69, 9.17) is 9.47 Å². The number of fused-ring (bicyclic) bond motifs is 1. The lowest BCUT2D eigenvalue weighted by molar-refractivity contribution is -0.133. The zero-order valence-corrected chi connectivity index (χ0v) is 18.0. The first kappa shape index (κ1) is 20.5. The SMILES string of the molecule is COc1cc(CS(=O)(=O)Nc2ccc3c(c2)CN(C(=O)C2CC2)CC3)cc(OC)c1. The molecule has 0 bridgehead atoms. The third-order valence-corrected chi connectivity index (χ3v) is 6.76. The van der Waals surface area contributed by atoms with Crippen molar-refractivity contribution in [2.45, 2.75) is 31.6 Å². The molecule has 1 saturated carbocycles. The second kappa shape index (κ2) is 8.18. The quantitative estimate of drug-likeness (QED) is 0.730. The van der Waals surface area contributed by atoms with Gasteiger partial charge in [0.1, 0.15) is 11.5 Å². The average molecular weight is 431 g/mol. The van der Waals surface area contributed by atoms with Gasteiger partial charge in [0.2, 0.25) is 15.9 Å². The largest absolute Gasteiger partial charge is 0.497 e. The van der Waals surface area contributed by atoms with Crippen LogP contribution in [0.4, 0.5) is 5.69 Å². The Labute approximate surface area is 177 Å². The van der Waals surface area contributed by atoms with Crippen molar-refractivity contribution < 1.29 is 22.7 Å². The Morgan fingerprint density at radius 1 is 1.07 bits per heavy atom. The molecule has 0 atom stereocenters. The molecule has 0 radical (unpaired) electrons. The topological polar surface area (TPSA) is 84.9 Å². The van der Waals surface area contributed by atoms with Crippen LogP contribution >= 0.6 is 0 Å². The summed E-state index contributed by atoms with van der Waals surface area (Å²) in [6, 6.07) is 10.6. The normalized spacial score (nSPS) is 16.0. The summed E-state index contributed by atoms with van der Waals surface area (Å²) in [7, 11) is -0.592. The summed E-state index contributed by atoms with van der Waals surface area (Å²) in [6.07, 6.45) is 2.76. The minimum Gasteiger partial charge on any atom is -0.497 e. The van der Waals surface area contributed by atoms with E-state index in [0.717, 1.165) is 36.9 Å². The number of rotatable bonds is 7. The molecule has 160 valence electrons. The van der Waals surface area contributed by atoms with Crippen LogP contribution in [0.15, 0.2) is 36.4 Å². The third kappa shape index (κ3) is 4.70. The maximum absolute atomic E-state index is 12.7. The molecule has 8 heteroatoms. The first-order valence-corrected chi connectivity index (χ1v) is 11.6. The predicted octanol–water partition coefficient (Wildman–Crippen LogP) is 2.94. The molecule has 2 aliphatic rings. The van der Waals surface area contributed by atoms with Gasteiger partial charge in [0.15, 0.2) is 0 Å². The average Bonchev–Trinajstić information content (AvgIpc) is 3.57. The van der Waals surface area contributed by atoms with Crippen LogP contribution in [0.1, 0.15) is 29.5 Å². The molecule has 1 fully saturated rings. The molecular formula is C22H26N2O5S. The maximum atomic E-state index is 12.7. The summed E-state index contributed by atoms with van der Waals surface area (Å²) in [5.74, 6) is 1.28. The third-order valence-electron chi connectivity index (χ3n) is 5.50. The molecular weight excluding hydrogens is 404 g/mol. The van der Waals surface area contributed by atoms with Crippen molar-refractivity contribution >= 4 is 21.6 Å². The highest BCUT2D eigenvalue weighted by molar-refractivity contribution is 7.91. The highest BCUT2D eigenvalue weighted by atomic mass is 32.2. The lowest BCUT2D eigenvalue weighted by Gasteiger charge is -2.29. The smallest absolute Gasteiger partial charge is 0.236 e. The first-order valence-electron chi connectivity index (χ1n) is 10.00. The van der Waals surface area contributed by atoms with Gasteiger partial charge in [-0.1, -0.05) is 6.07 Å². The van der Waals surface area contributed by atoms with Crippen LogP contribution in [0.3, 0.4) is 0 Å². The van der Waals surface area contributed by atoms with Crippen molar-refractivity contribution in [1.82, 2.24) is 4.90 Å². The van der Waals surface area contributed by atoms with Gasteiger partial charge in [-0.3, -0.25) is 9.52 Å². The van der Waals surface area contributed by atoms with E-state index in [0.29, 0.717) is 29.3 Å². The number of sulfonamides is 1. The van der Waals surface area contributed by atoms with Crippen LogP contribution < -0.4 is 14.2 Å². The van der Waals surface area contributed by atoms with Gasteiger partial charge in [-0.2, -0.15) is 0 Å². The molecule has 0 aromatic heterocycles. The highest BCUT2D eigenvalue weighted by Gasteiger charge is 2.34. The van der Waals surface area contributed by atoms with Crippen molar-refractivity contribution in [3.8, 4) is 11.5 Å². The fourth-order valence-electron chi connectivity index (χ4n) is 3.78. The van der Waals surface area contributed by atoms with Crippen LogP contribution in [0, 0.1) is 5.92 Å². The predicted molar refractivity (Wildman–Crippen MR) is 114 cm³/mol. The number of nitrogens with one attached hydrogen (secondary N) is 1. The molecule has 2 aromatic carbocycles. The number of hydrogen-bond acceptors (Lipinski definition) is 5. The lowest BCUT2D eigenvalue weighted by Crippen LogP contribution is -2.36. The minimum absolute atomic E-state index is 0.188. The molecule has 0 unspecified atom stereocenters. The number of nitrogens with zero attached hydrogens (tertiary/aromatic N) is 1. The number of anilines is 1. The molecule has 7 nitrogen and oxygen atoms in total. The van der Waals surface area contributed by atoms with Gasteiger partial charge in [-0.25, -0.2) is 8.42 Å². The number of benzene rings is 2. The van der Waals surface area contributed by atoms with Gasteiger partial charge in [0.05, 0.1) is 20.0 Å². The molecule has 0 spiro atoms. The van der Waals surface area contributed by atoms with Crippen molar-refractivity contribution in [1.29, 1.82) is 0 Å². The van der Waals surface area contributed by atoms with Crippen LogP contribution in [-0.4, -0.2) is 40.0 Å². The Morgan fingerprint density at radius 2 is 1.77 bits per heavy atom. The standard InChI is InChI=1S/C22H26N2O5S/c1-28-20-9-15(10-21(12-20)29-2)14-30(26,27)23-19-6-5-16-7-8-24(13-18(16)11-19)22(25)17-3-4-17/h5-6,9-12,17,23H,3-4,7-8,13-14H2,1-2H3. The Morgan fingerprint density at radius 3 is 2.40 bits per heavy atom. The number of carbonyl (C=O) groups excluding carboxylic acids is 1. The van der Waals surface area contributed by atoms with Crippen molar-refractivity contribution in [3.63, 3.8) is 0 Å².